The maximum absolute atomic E-state index is 11.5. The monoisotopic (exact) mass is 237 g/mol. The Labute approximate surface area is 99.4 Å². The summed E-state index contributed by atoms with van der Waals surface area (Å²) in [6.07, 6.45) is 0. The Morgan fingerprint density at radius 2 is 2.12 bits per heavy atom. The Hall–Kier alpha value is -1.95. The van der Waals surface area contributed by atoms with Gasteiger partial charge in [0.1, 0.15) is 0 Å². The van der Waals surface area contributed by atoms with Crippen LogP contribution in [0.1, 0.15) is 5.56 Å². The summed E-state index contributed by atoms with van der Waals surface area (Å²) >= 11 is 0. The fourth-order valence-electron chi connectivity index (χ4n) is 1.45. The lowest BCUT2D eigenvalue weighted by atomic mass is 10.1. The van der Waals surface area contributed by atoms with Gasteiger partial charge < -0.3 is 10.2 Å². The summed E-state index contributed by atoms with van der Waals surface area (Å²) in [7, 11) is 3.30. The third-order valence-electron chi connectivity index (χ3n) is 2.35. The first-order valence-corrected chi connectivity index (χ1v) is 5.17. The molecule has 0 saturated carbocycles. The number of rotatable bonds is 5. The second-order valence-corrected chi connectivity index (χ2v) is 3.67. The predicted octanol–water partition coefficient (Wildman–Crippen LogP) is 0.773. The van der Waals surface area contributed by atoms with E-state index in [1.54, 1.807) is 32.3 Å². The minimum absolute atomic E-state index is 0.0385. The number of nitrogens with one attached hydrogen (secondary N) is 1. The summed E-state index contributed by atoms with van der Waals surface area (Å²) in [6.45, 7) is 0.453. The fourth-order valence-corrected chi connectivity index (χ4v) is 1.45. The van der Waals surface area contributed by atoms with Crippen molar-refractivity contribution in [1.82, 2.24) is 10.2 Å². The van der Waals surface area contributed by atoms with Gasteiger partial charge in [0.2, 0.25) is 5.91 Å². The summed E-state index contributed by atoms with van der Waals surface area (Å²) in [6, 6.07) is 6.42. The lowest BCUT2D eigenvalue weighted by Gasteiger charge is -2.16. The van der Waals surface area contributed by atoms with Crippen LogP contribution in [0, 0.1) is 10.1 Å². The van der Waals surface area contributed by atoms with E-state index in [4.69, 9.17) is 0 Å². The number of hydrogen-bond acceptors (Lipinski definition) is 4. The molecule has 92 valence electrons. The maximum Gasteiger partial charge on any atom is 0.274 e. The van der Waals surface area contributed by atoms with Crippen molar-refractivity contribution < 1.29 is 9.72 Å². The molecular weight excluding hydrogens is 222 g/mol. The molecule has 1 amide bonds. The third-order valence-corrected chi connectivity index (χ3v) is 2.35. The summed E-state index contributed by atoms with van der Waals surface area (Å²) < 4.78 is 0. The van der Waals surface area contributed by atoms with Crippen molar-refractivity contribution in [1.29, 1.82) is 0 Å². The zero-order valence-corrected chi connectivity index (χ0v) is 9.84. The van der Waals surface area contributed by atoms with E-state index in [2.05, 4.69) is 5.32 Å². The van der Waals surface area contributed by atoms with Crippen LogP contribution in [0.25, 0.3) is 0 Å². The van der Waals surface area contributed by atoms with Gasteiger partial charge in [-0.05, 0) is 7.05 Å². The van der Waals surface area contributed by atoms with Crippen molar-refractivity contribution in [3.63, 3.8) is 0 Å². The number of likely N-dealkylation sites (N-methyl/N-ethyl adjacent to an activating group) is 2. The molecule has 17 heavy (non-hydrogen) atoms. The van der Waals surface area contributed by atoms with Crippen molar-refractivity contribution in [2.24, 2.45) is 0 Å². The van der Waals surface area contributed by atoms with Crippen LogP contribution < -0.4 is 5.32 Å². The molecule has 0 aromatic heterocycles. The predicted molar refractivity (Wildman–Crippen MR) is 63.5 cm³/mol. The highest BCUT2D eigenvalue weighted by Gasteiger charge is 2.16. The van der Waals surface area contributed by atoms with Crippen LogP contribution in [0.5, 0.6) is 0 Å². The molecule has 0 radical (unpaired) electrons. The quantitative estimate of drug-likeness (QED) is 0.606. The minimum atomic E-state index is -0.439. The van der Waals surface area contributed by atoms with Gasteiger partial charge in [-0.2, -0.15) is 0 Å². The standard InChI is InChI=1S/C11H15N3O3/c1-12-7-11(15)13(2)8-9-5-3-4-6-10(9)14(16)17/h3-6,12H,7-8H2,1-2H3. The molecule has 0 heterocycles. The molecule has 1 aromatic carbocycles. The molecule has 6 heteroatoms. The molecule has 0 aliphatic heterocycles. The molecule has 0 aliphatic carbocycles. The van der Waals surface area contributed by atoms with E-state index < -0.39 is 4.92 Å². The van der Waals surface area contributed by atoms with Crippen LogP contribution in [0.3, 0.4) is 0 Å². The Morgan fingerprint density at radius 1 is 1.47 bits per heavy atom. The molecule has 1 rings (SSSR count). The van der Waals surface area contributed by atoms with Crippen molar-refractivity contribution in [3.8, 4) is 0 Å². The minimum Gasteiger partial charge on any atom is -0.340 e. The van der Waals surface area contributed by atoms with Crippen molar-refractivity contribution in [2.45, 2.75) is 6.54 Å². The molecule has 6 nitrogen and oxygen atoms in total. The Bertz CT molecular complexity index is 420. The van der Waals surface area contributed by atoms with E-state index in [1.807, 2.05) is 0 Å². The number of para-hydroxylation sites is 1. The summed E-state index contributed by atoms with van der Waals surface area (Å²) in [5, 5.41) is 13.5. The van der Waals surface area contributed by atoms with E-state index >= 15 is 0 Å². The average molecular weight is 237 g/mol. The molecule has 0 atom stereocenters. The zero-order chi connectivity index (χ0) is 12.8. The van der Waals surface area contributed by atoms with Gasteiger partial charge in [-0.1, -0.05) is 18.2 Å². The van der Waals surface area contributed by atoms with Crippen LogP contribution in [0.2, 0.25) is 0 Å². The average Bonchev–Trinajstić information content (AvgIpc) is 2.29. The smallest absolute Gasteiger partial charge is 0.274 e. The largest absolute Gasteiger partial charge is 0.340 e. The number of benzene rings is 1. The second kappa shape index (κ2) is 5.95. The molecule has 0 unspecified atom stereocenters. The summed E-state index contributed by atoms with van der Waals surface area (Å²) in [4.78, 5) is 23.3. The van der Waals surface area contributed by atoms with Crippen molar-refractivity contribution in [2.75, 3.05) is 20.6 Å². The van der Waals surface area contributed by atoms with Crippen LogP contribution in [-0.2, 0) is 11.3 Å². The number of nitro benzene ring substituents is 1. The van der Waals surface area contributed by atoms with E-state index in [-0.39, 0.29) is 24.7 Å². The molecule has 0 saturated heterocycles. The van der Waals surface area contributed by atoms with Crippen LogP contribution >= 0.6 is 0 Å². The molecule has 0 aliphatic rings. The number of amides is 1. The first kappa shape index (κ1) is 13.1. The lowest BCUT2D eigenvalue weighted by Crippen LogP contribution is -2.33. The number of hydrogen-bond donors (Lipinski definition) is 1. The number of nitro groups is 1. The number of carbonyl (C=O) groups excluding carboxylic acids is 1. The SMILES string of the molecule is CNCC(=O)N(C)Cc1ccccc1[N+](=O)[O-]. The molecule has 0 fully saturated rings. The molecule has 0 bridgehead atoms. The van der Waals surface area contributed by atoms with Gasteiger partial charge in [0.15, 0.2) is 0 Å². The first-order valence-electron chi connectivity index (χ1n) is 5.17. The van der Waals surface area contributed by atoms with Gasteiger partial charge in [-0.25, -0.2) is 0 Å². The molecular formula is C11H15N3O3. The third kappa shape index (κ3) is 3.53. The Balaban J connectivity index is 2.81. The van der Waals surface area contributed by atoms with Crippen molar-refractivity contribution >= 4 is 11.6 Å². The molecule has 1 aromatic rings. The second-order valence-electron chi connectivity index (χ2n) is 3.67. The normalized spacial score (nSPS) is 10.0. The topological polar surface area (TPSA) is 75.5 Å². The van der Waals surface area contributed by atoms with E-state index in [1.165, 1.54) is 11.0 Å². The maximum atomic E-state index is 11.5. The fraction of sp³-hybridized carbons (Fsp3) is 0.364. The number of nitrogens with zero attached hydrogens (tertiary/aromatic N) is 2. The summed E-state index contributed by atoms with van der Waals surface area (Å²) in [5.41, 5.74) is 0.570. The van der Waals surface area contributed by atoms with E-state index in [0.717, 1.165) is 0 Å². The zero-order valence-electron chi connectivity index (χ0n) is 9.84. The van der Waals surface area contributed by atoms with Gasteiger partial charge in [0.25, 0.3) is 5.69 Å². The Morgan fingerprint density at radius 3 is 2.71 bits per heavy atom. The number of carbonyl (C=O) groups is 1. The van der Waals surface area contributed by atoms with Gasteiger partial charge >= 0.3 is 0 Å². The molecule has 1 N–H and O–H groups in total. The van der Waals surface area contributed by atoms with Crippen LogP contribution in [0.4, 0.5) is 5.69 Å². The lowest BCUT2D eigenvalue weighted by molar-refractivity contribution is -0.385. The highest BCUT2D eigenvalue weighted by atomic mass is 16.6. The highest BCUT2D eigenvalue weighted by Crippen LogP contribution is 2.18. The van der Waals surface area contributed by atoms with Crippen molar-refractivity contribution in [3.05, 3.63) is 39.9 Å². The highest BCUT2D eigenvalue weighted by molar-refractivity contribution is 5.78. The molecule has 0 spiro atoms. The van der Waals surface area contributed by atoms with Crippen LogP contribution in [-0.4, -0.2) is 36.4 Å². The Kier molecular flexibility index (Phi) is 4.59. The first-order chi connectivity index (χ1) is 8.06. The van der Waals surface area contributed by atoms with Crippen LogP contribution in [0.15, 0.2) is 24.3 Å². The summed E-state index contributed by atoms with van der Waals surface area (Å²) in [5.74, 6) is -0.106. The van der Waals surface area contributed by atoms with Gasteiger partial charge in [0, 0.05) is 18.7 Å². The van der Waals surface area contributed by atoms with Gasteiger partial charge in [-0.15, -0.1) is 0 Å². The van der Waals surface area contributed by atoms with E-state index in [0.29, 0.717) is 5.56 Å². The van der Waals surface area contributed by atoms with E-state index in [9.17, 15) is 14.9 Å². The van der Waals surface area contributed by atoms with Gasteiger partial charge in [-0.3, -0.25) is 14.9 Å². The van der Waals surface area contributed by atoms with Gasteiger partial charge in [0.05, 0.1) is 18.0 Å².